The molecule has 1 aromatic heterocycles. The molecule has 2 fully saturated rings. The maximum absolute atomic E-state index is 13.7. The molecule has 1 amide bonds. The molecule has 2 aliphatic carbocycles. The van der Waals surface area contributed by atoms with Crippen LogP contribution in [0.4, 0.5) is 10.5 Å². The van der Waals surface area contributed by atoms with E-state index in [1.165, 1.54) is 16.7 Å². The van der Waals surface area contributed by atoms with E-state index in [2.05, 4.69) is 56.2 Å². The summed E-state index contributed by atoms with van der Waals surface area (Å²) in [5, 5.41) is 8.42. The van der Waals surface area contributed by atoms with Crippen molar-refractivity contribution in [1.29, 1.82) is 0 Å². The largest absolute Gasteiger partial charge is 0.459 e. The van der Waals surface area contributed by atoms with Gasteiger partial charge in [-0.2, -0.15) is 0 Å². The quantitative estimate of drug-likeness (QED) is 0.323. The van der Waals surface area contributed by atoms with Crippen LogP contribution < -0.4 is 4.90 Å². The van der Waals surface area contributed by atoms with Crippen LogP contribution in [0.1, 0.15) is 81.7 Å². The Labute approximate surface area is 242 Å². The zero-order valence-corrected chi connectivity index (χ0v) is 24.5. The Morgan fingerprint density at radius 3 is 2.73 bits per heavy atom. The topological polar surface area (TPSA) is 86.5 Å². The lowest BCUT2D eigenvalue weighted by Gasteiger charge is -2.54. The predicted molar refractivity (Wildman–Crippen MR) is 156 cm³/mol. The number of ether oxygens (including phenoxy) is 2. The minimum absolute atomic E-state index is 0.0371. The lowest BCUT2D eigenvalue weighted by atomic mass is 9.49. The monoisotopic (exact) mass is 556 g/mol. The van der Waals surface area contributed by atoms with Crippen molar-refractivity contribution in [1.82, 2.24) is 15.0 Å². The number of rotatable bonds is 7. The Balaban J connectivity index is 1.09. The number of anilines is 1. The molecule has 8 heteroatoms. The lowest BCUT2D eigenvalue weighted by Crippen LogP contribution is -2.52. The number of hydrogen-bond acceptors (Lipinski definition) is 6. The van der Waals surface area contributed by atoms with Gasteiger partial charge < -0.3 is 9.47 Å². The van der Waals surface area contributed by atoms with Crippen LogP contribution >= 0.6 is 0 Å². The highest BCUT2D eigenvalue weighted by molar-refractivity contribution is 5.89. The van der Waals surface area contributed by atoms with Crippen molar-refractivity contribution in [3.8, 4) is 0 Å². The van der Waals surface area contributed by atoms with Gasteiger partial charge in [0.25, 0.3) is 0 Å². The van der Waals surface area contributed by atoms with Crippen LogP contribution in [0.2, 0.25) is 0 Å². The van der Waals surface area contributed by atoms with Crippen molar-refractivity contribution in [2.75, 3.05) is 11.4 Å². The molecule has 1 aliphatic heterocycles. The van der Waals surface area contributed by atoms with E-state index in [9.17, 15) is 9.59 Å². The molecule has 4 atom stereocenters. The highest BCUT2D eigenvalue weighted by Crippen LogP contribution is 2.57. The first kappa shape index (κ1) is 27.5. The Kier molecular flexibility index (Phi) is 7.12. The van der Waals surface area contributed by atoms with Crippen LogP contribution in [0.15, 0.2) is 54.7 Å². The minimum atomic E-state index is -0.545. The van der Waals surface area contributed by atoms with Gasteiger partial charge in [-0.3, -0.25) is 9.69 Å². The number of carbonyl (C=O) groups is 2. The number of aromatic nitrogens is 3. The molecule has 0 bridgehead atoms. The number of fused-ring (bicyclic) bond motifs is 3. The molecule has 2 heterocycles. The van der Waals surface area contributed by atoms with E-state index in [4.69, 9.17) is 9.47 Å². The fourth-order valence-corrected chi connectivity index (χ4v) is 7.56. The van der Waals surface area contributed by atoms with Crippen LogP contribution in [0, 0.1) is 11.3 Å². The van der Waals surface area contributed by atoms with Crippen molar-refractivity contribution in [3.63, 3.8) is 0 Å². The highest BCUT2D eigenvalue weighted by atomic mass is 16.6. The Hall–Kier alpha value is -3.68. The molecule has 3 aromatic rings. The third-order valence-corrected chi connectivity index (χ3v) is 9.78. The summed E-state index contributed by atoms with van der Waals surface area (Å²) in [4.78, 5) is 27.7. The number of nitrogens with zero attached hydrogens (tertiary/aromatic N) is 4. The average Bonchev–Trinajstić information content (AvgIpc) is 3.57. The van der Waals surface area contributed by atoms with Gasteiger partial charge in [-0.25, -0.2) is 9.48 Å². The summed E-state index contributed by atoms with van der Waals surface area (Å²) in [6.45, 7) is 9.84. The van der Waals surface area contributed by atoms with Gasteiger partial charge in [-0.05, 0) is 78.7 Å². The van der Waals surface area contributed by atoms with E-state index in [0.717, 1.165) is 37.8 Å². The lowest BCUT2D eigenvalue weighted by molar-refractivity contribution is -0.166. The molecule has 41 heavy (non-hydrogen) atoms. The molecule has 8 nitrogen and oxygen atoms in total. The van der Waals surface area contributed by atoms with Crippen LogP contribution in [-0.4, -0.2) is 39.7 Å². The number of hydrogen-bond donors (Lipinski definition) is 0. The molecular formula is C33H40N4O4. The van der Waals surface area contributed by atoms with Crippen LogP contribution in [0.5, 0.6) is 0 Å². The molecule has 0 radical (unpaired) electrons. The second-order valence-corrected chi connectivity index (χ2v) is 12.8. The molecular weight excluding hydrogens is 516 g/mol. The van der Waals surface area contributed by atoms with Crippen molar-refractivity contribution in [2.24, 2.45) is 11.3 Å². The van der Waals surface area contributed by atoms with Gasteiger partial charge in [-0.15, -0.1) is 5.10 Å². The Morgan fingerprint density at radius 2 is 1.95 bits per heavy atom. The van der Waals surface area contributed by atoms with Gasteiger partial charge in [0.15, 0.2) is 0 Å². The number of amides is 1. The second kappa shape index (κ2) is 10.6. The molecule has 1 unspecified atom stereocenters. The third-order valence-electron chi connectivity index (χ3n) is 9.78. The SMILES string of the molecule is CC(C)c1ccc2c(c1)CC[C@H]1[C@](C)(C(=O)OCc3cn(CC4CN(c5ccccc5)C(=O)O4)nn3)CCC[C@]21C. The molecule has 0 spiro atoms. The maximum atomic E-state index is 13.7. The van der Waals surface area contributed by atoms with Gasteiger partial charge in [0.05, 0.1) is 24.7 Å². The van der Waals surface area contributed by atoms with Gasteiger partial charge in [0, 0.05) is 5.69 Å². The average molecular weight is 557 g/mol. The van der Waals surface area contributed by atoms with Crippen LogP contribution in [-0.2, 0) is 39.3 Å². The number of esters is 1. The standard InChI is InChI=1S/C33H40N4O4/c1-22(2)23-11-13-28-24(17-23)12-14-29-32(28,3)15-8-16-33(29,4)30(38)40-21-25-18-36(35-34-25)19-27-20-37(31(39)41-27)26-9-6-5-7-10-26/h5-7,9-11,13,17-18,22,27,29H,8,12,14-16,19-21H2,1-4H3/t27?,29-,32-,33-/m1/s1. The number of carbonyl (C=O) groups excluding carboxylic acids is 2. The number of benzene rings is 2. The number of aryl methyl sites for hydroxylation is 1. The van der Waals surface area contributed by atoms with Crippen molar-refractivity contribution in [2.45, 2.75) is 90.4 Å². The highest BCUT2D eigenvalue weighted by Gasteiger charge is 2.55. The summed E-state index contributed by atoms with van der Waals surface area (Å²) in [6, 6.07) is 16.5. The number of cyclic esters (lactones) is 1. The second-order valence-electron chi connectivity index (χ2n) is 12.8. The summed E-state index contributed by atoms with van der Waals surface area (Å²) in [6.07, 6.45) is 5.98. The number of para-hydroxylation sites is 1. The third kappa shape index (κ3) is 5.02. The first-order valence-corrected chi connectivity index (χ1v) is 14.9. The first-order valence-electron chi connectivity index (χ1n) is 14.9. The summed E-state index contributed by atoms with van der Waals surface area (Å²) in [7, 11) is 0. The molecule has 0 N–H and O–H groups in total. The van der Waals surface area contributed by atoms with Gasteiger partial charge in [0.2, 0.25) is 0 Å². The molecule has 1 saturated carbocycles. The van der Waals surface area contributed by atoms with E-state index >= 15 is 0 Å². The predicted octanol–water partition coefficient (Wildman–Crippen LogP) is 6.18. The van der Waals surface area contributed by atoms with E-state index in [1.807, 2.05) is 30.3 Å². The smallest absolute Gasteiger partial charge is 0.414 e. The fourth-order valence-electron chi connectivity index (χ4n) is 7.56. The van der Waals surface area contributed by atoms with E-state index in [0.29, 0.717) is 24.7 Å². The van der Waals surface area contributed by atoms with Crippen LogP contribution in [0.3, 0.4) is 0 Å². The van der Waals surface area contributed by atoms with E-state index in [-0.39, 0.29) is 36.1 Å². The maximum Gasteiger partial charge on any atom is 0.414 e. The zero-order valence-electron chi connectivity index (χ0n) is 24.5. The van der Waals surface area contributed by atoms with Gasteiger partial charge in [0.1, 0.15) is 18.4 Å². The van der Waals surface area contributed by atoms with E-state index in [1.54, 1.807) is 15.8 Å². The van der Waals surface area contributed by atoms with Crippen molar-refractivity contribution in [3.05, 3.63) is 77.1 Å². The molecule has 1 saturated heterocycles. The zero-order chi connectivity index (χ0) is 28.8. The summed E-state index contributed by atoms with van der Waals surface area (Å²) >= 11 is 0. The first-order chi connectivity index (χ1) is 19.7. The van der Waals surface area contributed by atoms with Gasteiger partial charge in [-0.1, -0.05) is 68.8 Å². The fraction of sp³-hybridized carbons (Fsp3) is 0.515. The van der Waals surface area contributed by atoms with Crippen molar-refractivity contribution < 1.29 is 19.1 Å². The Morgan fingerprint density at radius 1 is 1.15 bits per heavy atom. The van der Waals surface area contributed by atoms with Crippen molar-refractivity contribution >= 4 is 17.7 Å². The summed E-state index contributed by atoms with van der Waals surface area (Å²) in [5.74, 6) is 0.593. The van der Waals surface area contributed by atoms with E-state index < -0.39 is 5.41 Å². The molecule has 216 valence electrons. The molecule has 6 rings (SSSR count). The summed E-state index contributed by atoms with van der Waals surface area (Å²) < 4.78 is 13.1. The van der Waals surface area contributed by atoms with Gasteiger partial charge >= 0.3 is 12.1 Å². The summed E-state index contributed by atoms with van der Waals surface area (Å²) in [5.41, 5.74) is 5.06. The molecule has 2 aromatic carbocycles. The minimum Gasteiger partial charge on any atom is -0.459 e. The molecule has 3 aliphatic rings. The normalized spacial score (nSPS) is 27.3. The van der Waals surface area contributed by atoms with Crippen LogP contribution in [0.25, 0.3) is 0 Å². The Bertz CT molecular complexity index is 1440.